The second-order valence-corrected chi connectivity index (χ2v) is 6.80. The largest absolute Gasteiger partial charge is 0.374 e. The van der Waals surface area contributed by atoms with Gasteiger partial charge >= 0.3 is 0 Å². The lowest BCUT2D eigenvalue weighted by molar-refractivity contribution is -0.129. The summed E-state index contributed by atoms with van der Waals surface area (Å²) < 4.78 is 5.74. The number of nitriles is 1. The van der Waals surface area contributed by atoms with Crippen molar-refractivity contribution in [1.29, 1.82) is 5.26 Å². The van der Waals surface area contributed by atoms with Crippen molar-refractivity contribution in [3.63, 3.8) is 0 Å². The molecule has 0 bridgehead atoms. The van der Waals surface area contributed by atoms with Gasteiger partial charge in [-0.15, -0.1) is 0 Å². The van der Waals surface area contributed by atoms with Crippen molar-refractivity contribution in [3.8, 4) is 6.07 Å². The first kappa shape index (κ1) is 15.3. The maximum absolute atomic E-state index is 12.6. The second kappa shape index (κ2) is 5.73. The Hall–Kier alpha value is -1.08. The van der Waals surface area contributed by atoms with E-state index in [1.807, 2.05) is 13.8 Å². The van der Waals surface area contributed by atoms with E-state index >= 15 is 0 Å². The number of nitrogens with zero attached hydrogens (tertiary/aromatic N) is 1. The molecule has 1 heterocycles. The molecule has 0 radical (unpaired) electrons. The molecule has 0 spiro atoms. The molecule has 1 saturated carbocycles. The quantitative estimate of drug-likeness (QED) is 0.844. The molecule has 1 amide bonds. The summed E-state index contributed by atoms with van der Waals surface area (Å²) >= 11 is 0. The molecule has 4 nitrogen and oxygen atoms in total. The van der Waals surface area contributed by atoms with E-state index in [1.165, 1.54) is 0 Å². The molecule has 1 saturated heterocycles. The third-order valence-corrected chi connectivity index (χ3v) is 5.25. The number of rotatable bonds is 2. The average Bonchev–Trinajstić information content (AvgIpc) is 2.66. The standard InChI is InChI=1S/C16H26N2O2/c1-10-5-7-16(9-17,8-6-10)18-15(19)14-11(2)12(3)20-13(14)4/h10-14H,5-8H2,1-4H3,(H,18,19). The summed E-state index contributed by atoms with van der Waals surface area (Å²) in [4.78, 5) is 12.6. The molecule has 4 atom stereocenters. The SMILES string of the molecule is CC1CCC(C#N)(NC(=O)C2C(C)OC(C)C2C)CC1. The molecule has 2 aliphatic rings. The molecule has 0 aromatic carbocycles. The van der Waals surface area contributed by atoms with Crippen LogP contribution in [0.2, 0.25) is 0 Å². The molecular weight excluding hydrogens is 252 g/mol. The molecule has 0 aromatic heterocycles. The highest BCUT2D eigenvalue weighted by molar-refractivity contribution is 5.81. The van der Waals surface area contributed by atoms with E-state index < -0.39 is 5.54 Å². The molecule has 0 aromatic rings. The zero-order valence-corrected chi connectivity index (χ0v) is 13.0. The van der Waals surface area contributed by atoms with Crippen LogP contribution >= 0.6 is 0 Å². The van der Waals surface area contributed by atoms with Gasteiger partial charge in [0.25, 0.3) is 0 Å². The molecule has 112 valence electrons. The molecule has 1 aliphatic carbocycles. The number of carbonyl (C=O) groups excluding carboxylic acids is 1. The zero-order valence-electron chi connectivity index (χ0n) is 13.0. The normalized spacial score (nSPS) is 44.9. The highest BCUT2D eigenvalue weighted by atomic mass is 16.5. The van der Waals surface area contributed by atoms with Crippen LogP contribution in [0.4, 0.5) is 0 Å². The Balaban J connectivity index is 2.05. The lowest BCUT2D eigenvalue weighted by atomic mass is 9.77. The molecule has 2 fully saturated rings. The van der Waals surface area contributed by atoms with Crippen LogP contribution in [0, 0.1) is 29.1 Å². The van der Waals surface area contributed by atoms with E-state index in [0.717, 1.165) is 25.7 Å². The smallest absolute Gasteiger partial charge is 0.227 e. The zero-order chi connectivity index (χ0) is 14.9. The van der Waals surface area contributed by atoms with E-state index in [4.69, 9.17) is 4.74 Å². The first-order valence-electron chi connectivity index (χ1n) is 7.77. The van der Waals surface area contributed by atoms with E-state index in [1.54, 1.807) is 0 Å². The Kier molecular flexibility index (Phi) is 4.39. The molecule has 1 aliphatic heterocycles. The lowest BCUT2D eigenvalue weighted by Gasteiger charge is -2.35. The van der Waals surface area contributed by atoms with Crippen LogP contribution in [0.5, 0.6) is 0 Å². The molecule has 20 heavy (non-hydrogen) atoms. The van der Waals surface area contributed by atoms with Gasteiger partial charge in [0, 0.05) is 0 Å². The number of amides is 1. The van der Waals surface area contributed by atoms with E-state index in [9.17, 15) is 10.1 Å². The summed E-state index contributed by atoms with van der Waals surface area (Å²) in [6, 6.07) is 2.36. The minimum absolute atomic E-state index is 0.00884. The summed E-state index contributed by atoms with van der Waals surface area (Å²) in [5, 5.41) is 12.6. The Bertz CT molecular complexity index is 407. The van der Waals surface area contributed by atoms with Crippen molar-refractivity contribution in [3.05, 3.63) is 0 Å². The predicted octanol–water partition coefficient (Wildman–Crippen LogP) is 2.63. The summed E-state index contributed by atoms with van der Waals surface area (Å²) in [6.45, 7) is 8.23. The summed E-state index contributed by atoms with van der Waals surface area (Å²) in [5.41, 5.74) is -0.658. The topological polar surface area (TPSA) is 62.1 Å². The second-order valence-electron chi connectivity index (χ2n) is 6.80. The first-order valence-corrected chi connectivity index (χ1v) is 7.77. The van der Waals surface area contributed by atoms with Gasteiger partial charge in [0.1, 0.15) is 5.54 Å². The van der Waals surface area contributed by atoms with E-state index in [0.29, 0.717) is 5.92 Å². The number of ether oxygens (including phenoxy) is 1. The van der Waals surface area contributed by atoms with Gasteiger partial charge in [-0.1, -0.05) is 13.8 Å². The summed E-state index contributed by atoms with van der Waals surface area (Å²) in [7, 11) is 0. The van der Waals surface area contributed by atoms with Gasteiger partial charge in [-0.3, -0.25) is 4.79 Å². The number of hydrogen-bond donors (Lipinski definition) is 1. The van der Waals surface area contributed by atoms with Crippen LogP contribution in [0.25, 0.3) is 0 Å². The van der Waals surface area contributed by atoms with Crippen molar-refractivity contribution >= 4 is 5.91 Å². The minimum Gasteiger partial charge on any atom is -0.374 e. The van der Waals surface area contributed by atoms with Gasteiger partial charge in [0.2, 0.25) is 5.91 Å². The van der Waals surface area contributed by atoms with Crippen LogP contribution in [0.3, 0.4) is 0 Å². The van der Waals surface area contributed by atoms with Crippen LogP contribution in [0.15, 0.2) is 0 Å². The van der Waals surface area contributed by atoms with Gasteiger partial charge in [0.05, 0.1) is 24.2 Å². The van der Waals surface area contributed by atoms with Crippen LogP contribution < -0.4 is 5.32 Å². The Morgan fingerprint density at radius 2 is 1.80 bits per heavy atom. The first-order chi connectivity index (χ1) is 9.38. The lowest BCUT2D eigenvalue weighted by Crippen LogP contribution is -2.53. The van der Waals surface area contributed by atoms with Gasteiger partial charge < -0.3 is 10.1 Å². The van der Waals surface area contributed by atoms with Gasteiger partial charge in [-0.25, -0.2) is 0 Å². The van der Waals surface area contributed by atoms with Gasteiger partial charge in [-0.05, 0) is 51.4 Å². The fourth-order valence-corrected chi connectivity index (χ4v) is 3.56. The highest BCUT2D eigenvalue weighted by Crippen LogP contribution is 2.35. The number of carbonyl (C=O) groups is 1. The summed E-state index contributed by atoms with van der Waals surface area (Å²) in [5.74, 6) is 0.698. The third kappa shape index (κ3) is 2.83. The Morgan fingerprint density at radius 1 is 1.20 bits per heavy atom. The fraction of sp³-hybridized carbons (Fsp3) is 0.875. The molecule has 2 rings (SSSR count). The van der Waals surface area contributed by atoms with Crippen LogP contribution in [-0.2, 0) is 9.53 Å². The molecule has 1 N–H and O–H groups in total. The summed E-state index contributed by atoms with van der Waals surface area (Å²) in [6.07, 6.45) is 3.58. The molecular formula is C16H26N2O2. The van der Waals surface area contributed by atoms with Crippen molar-refractivity contribution in [1.82, 2.24) is 5.32 Å². The maximum Gasteiger partial charge on any atom is 0.227 e. The van der Waals surface area contributed by atoms with E-state index in [2.05, 4.69) is 25.2 Å². The van der Waals surface area contributed by atoms with Crippen LogP contribution in [-0.4, -0.2) is 23.7 Å². The van der Waals surface area contributed by atoms with Gasteiger partial charge in [0.15, 0.2) is 0 Å². The minimum atomic E-state index is -0.658. The molecule has 4 heteroatoms. The fourth-order valence-electron chi connectivity index (χ4n) is 3.56. The van der Waals surface area contributed by atoms with Crippen molar-refractivity contribution in [2.24, 2.45) is 17.8 Å². The van der Waals surface area contributed by atoms with Gasteiger partial charge in [-0.2, -0.15) is 5.26 Å². The highest BCUT2D eigenvalue weighted by Gasteiger charge is 2.44. The average molecular weight is 278 g/mol. The predicted molar refractivity (Wildman–Crippen MR) is 76.8 cm³/mol. The number of hydrogen-bond acceptors (Lipinski definition) is 3. The van der Waals surface area contributed by atoms with Crippen LogP contribution in [0.1, 0.15) is 53.4 Å². The third-order valence-electron chi connectivity index (χ3n) is 5.25. The van der Waals surface area contributed by atoms with E-state index in [-0.39, 0.29) is 30.0 Å². The van der Waals surface area contributed by atoms with Crippen molar-refractivity contribution in [2.75, 3.05) is 0 Å². The maximum atomic E-state index is 12.6. The van der Waals surface area contributed by atoms with Crippen molar-refractivity contribution < 1.29 is 9.53 Å². The monoisotopic (exact) mass is 278 g/mol. The number of nitrogens with one attached hydrogen (secondary N) is 1. The molecule has 4 unspecified atom stereocenters. The Morgan fingerprint density at radius 3 is 2.25 bits per heavy atom. The Labute approximate surface area is 121 Å². The van der Waals surface area contributed by atoms with Crippen molar-refractivity contribution in [2.45, 2.75) is 71.1 Å².